The van der Waals surface area contributed by atoms with Crippen molar-refractivity contribution in [3.05, 3.63) is 28.3 Å². The van der Waals surface area contributed by atoms with Gasteiger partial charge in [-0.05, 0) is 25.0 Å². The van der Waals surface area contributed by atoms with Crippen LogP contribution in [0.4, 0.5) is 11.4 Å². The van der Waals surface area contributed by atoms with Crippen LogP contribution in [0.2, 0.25) is 0 Å². The zero-order valence-corrected chi connectivity index (χ0v) is 12.2. The Balaban J connectivity index is 2.50. The molecule has 7 nitrogen and oxygen atoms in total. The second-order valence-corrected chi connectivity index (χ2v) is 6.76. The van der Waals surface area contributed by atoms with Crippen LogP contribution >= 0.6 is 0 Å². The van der Waals surface area contributed by atoms with Gasteiger partial charge in [0.1, 0.15) is 0 Å². The molecule has 20 heavy (non-hydrogen) atoms. The van der Waals surface area contributed by atoms with Crippen LogP contribution in [0, 0.1) is 10.1 Å². The van der Waals surface area contributed by atoms with E-state index in [1.165, 1.54) is 29.6 Å². The highest BCUT2D eigenvalue weighted by atomic mass is 32.2. The maximum Gasteiger partial charge on any atom is 0.289 e. The van der Waals surface area contributed by atoms with Gasteiger partial charge in [0.25, 0.3) is 5.69 Å². The van der Waals surface area contributed by atoms with E-state index >= 15 is 0 Å². The van der Waals surface area contributed by atoms with E-state index in [-0.39, 0.29) is 10.9 Å². The molecule has 1 aromatic rings. The maximum atomic E-state index is 12.6. The molecule has 1 aliphatic rings. The first kappa shape index (κ1) is 14.7. The zero-order chi connectivity index (χ0) is 14.9. The number of rotatable bonds is 5. The van der Waals surface area contributed by atoms with E-state index in [1.54, 1.807) is 7.05 Å². The van der Waals surface area contributed by atoms with Gasteiger partial charge in [-0.2, -0.15) is 4.31 Å². The van der Waals surface area contributed by atoms with Gasteiger partial charge in [-0.1, -0.05) is 6.42 Å². The van der Waals surface area contributed by atoms with Gasteiger partial charge in [0.05, 0.1) is 4.92 Å². The normalized spacial score (nSPS) is 15.9. The second-order valence-electron chi connectivity index (χ2n) is 4.80. The van der Waals surface area contributed by atoms with E-state index in [4.69, 9.17) is 0 Å². The minimum Gasteiger partial charge on any atom is -0.388 e. The van der Waals surface area contributed by atoms with Crippen LogP contribution in [0.25, 0.3) is 0 Å². The van der Waals surface area contributed by atoms with Crippen molar-refractivity contribution in [3.8, 4) is 0 Å². The van der Waals surface area contributed by atoms with Crippen LogP contribution in [-0.2, 0) is 10.0 Å². The lowest BCUT2D eigenvalue weighted by atomic mass is 9.94. The number of sulfonamides is 1. The first-order valence-corrected chi connectivity index (χ1v) is 7.76. The number of nitrogens with one attached hydrogen (secondary N) is 1. The van der Waals surface area contributed by atoms with Gasteiger partial charge in [-0.25, -0.2) is 8.42 Å². The Morgan fingerprint density at radius 3 is 2.50 bits per heavy atom. The molecule has 1 saturated carbocycles. The lowest BCUT2D eigenvalue weighted by molar-refractivity contribution is -0.387. The van der Waals surface area contributed by atoms with Crippen molar-refractivity contribution in [1.29, 1.82) is 0 Å². The molecule has 2 rings (SSSR count). The average Bonchev–Trinajstić information content (AvgIpc) is 2.35. The van der Waals surface area contributed by atoms with E-state index < -0.39 is 20.6 Å². The standard InChI is InChI=1S/C12H17N3O4S/c1-13-9-6-7-11(15(16)17)12(8-9)20(18,19)14(2)10-4-3-5-10/h6-8,10,13H,3-5H2,1-2H3. The predicted molar refractivity (Wildman–Crippen MR) is 75.2 cm³/mol. The topological polar surface area (TPSA) is 92.5 Å². The summed E-state index contributed by atoms with van der Waals surface area (Å²) < 4.78 is 26.4. The third-order valence-corrected chi connectivity index (χ3v) is 5.63. The Labute approximate surface area is 117 Å². The van der Waals surface area contributed by atoms with Gasteiger partial charge in [0, 0.05) is 31.9 Å². The summed E-state index contributed by atoms with van der Waals surface area (Å²) in [5.74, 6) is 0. The molecule has 0 spiro atoms. The Morgan fingerprint density at radius 1 is 1.40 bits per heavy atom. The third kappa shape index (κ3) is 2.48. The van der Waals surface area contributed by atoms with E-state index in [2.05, 4.69) is 5.32 Å². The van der Waals surface area contributed by atoms with Crippen LogP contribution in [0.1, 0.15) is 19.3 Å². The summed E-state index contributed by atoms with van der Waals surface area (Å²) in [5, 5.41) is 13.8. The van der Waals surface area contributed by atoms with Gasteiger partial charge >= 0.3 is 0 Å². The summed E-state index contributed by atoms with van der Waals surface area (Å²) in [5.41, 5.74) is 0.131. The summed E-state index contributed by atoms with van der Waals surface area (Å²) >= 11 is 0. The number of nitro benzene ring substituents is 1. The highest BCUT2D eigenvalue weighted by Crippen LogP contribution is 2.33. The van der Waals surface area contributed by atoms with Crippen molar-refractivity contribution in [2.45, 2.75) is 30.2 Å². The Morgan fingerprint density at radius 2 is 2.05 bits per heavy atom. The smallest absolute Gasteiger partial charge is 0.289 e. The molecule has 0 unspecified atom stereocenters. The van der Waals surface area contributed by atoms with E-state index in [0.717, 1.165) is 19.3 Å². The first-order chi connectivity index (χ1) is 9.37. The third-order valence-electron chi connectivity index (χ3n) is 3.69. The number of benzene rings is 1. The fraction of sp³-hybridized carbons (Fsp3) is 0.500. The Hall–Kier alpha value is -1.67. The van der Waals surface area contributed by atoms with Crippen LogP contribution < -0.4 is 5.32 Å². The molecular weight excluding hydrogens is 282 g/mol. The van der Waals surface area contributed by atoms with Crippen molar-refractivity contribution in [3.63, 3.8) is 0 Å². The zero-order valence-electron chi connectivity index (χ0n) is 11.4. The lowest BCUT2D eigenvalue weighted by Crippen LogP contribution is -2.41. The van der Waals surface area contributed by atoms with E-state index in [0.29, 0.717) is 5.69 Å². The summed E-state index contributed by atoms with van der Waals surface area (Å²) in [4.78, 5) is 10.1. The number of nitrogens with zero attached hydrogens (tertiary/aromatic N) is 2. The molecular formula is C12H17N3O4S. The summed E-state index contributed by atoms with van der Waals surface area (Å²) in [6.07, 6.45) is 2.59. The highest BCUT2D eigenvalue weighted by Gasteiger charge is 2.35. The number of anilines is 1. The van der Waals surface area contributed by atoms with Crippen LogP contribution in [0.5, 0.6) is 0 Å². The quantitative estimate of drug-likeness (QED) is 0.661. The minimum atomic E-state index is -3.86. The molecule has 0 atom stereocenters. The molecule has 0 aliphatic heterocycles. The van der Waals surface area contributed by atoms with Gasteiger partial charge < -0.3 is 5.32 Å². The minimum absolute atomic E-state index is 0.0576. The molecule has 110 valence electrons. The Bertz CT molecular complexity index is 626. The summed E-state index contributed by atoms with van der Waals surface area (Å²) in [6, 6.07) is 3.95. The molecule has 8 heteroatoms. The monoisotopic (exact) mass is 299 g/mol. The molecule has 0 radical (unpaired) electrons. The lowest BCUT2D eigenvalue weighted by Gasteiger charge is -2.33. The highest BCUT2D eigenvalue weighted by molar-refractivity contribution is 7.89. The molecule has 0 amide bonds. The maximum absolute atomic E-state index is 12.6. The SMILES string of the molecule is CNc1ccc([N+](=O)[O-])c(S(=O)(=O)N(C)C2CCC2)c1. The summed E-state index contributed by atoms with van der Waals surface area (Å²) in [6.45, 7) is 0. The molecule has 0 saturated heterocycles. The van der Waals surface area contributed by atoms with Crippen molar-refractivity contribution in [1.82, 2.24) is 4.31 Å². The molecule has 1 N–H and O–H groups in total. The van der Waals surface area contributed by atoms with Gasteiger partial charge in [-0.15, -0.1) is 0 Å². The Kier molecular flexibility index (Phi) is 3.96. The molecule has 0 bridgehead atoms. The molecule has 1 fully saturated rings. The molecule has 0 aromatic heterocycles. The van der Waals surface area contributed by atoms with Gasteiger partial charge in [-0.3, -0.25) is 10.1 Å². The van der Waals surface area contributed by atoms with Crippen LogP contribution in [0.3, 0.4) is 0 Å². The predicted octanol–water partition coefficient (Wildman–Crippen LogP) is 1.81. The van der Waals surface area contributed by atoms with Crippen LogP contribution in [-0.4, -0.2) is 37.8 Å². The number of nitro groups is 1. The van der Waals surface area contributed by atoms with Gasteiger partial charge in [0.2, 0.25) is 10.0 Å². The molecule has 0 heterocycles. The van der Waals surface area contributed by atoms with Crippen molar-refractivity contribution >= 4 is 21.4 Å². The summed E-state index contributed by atoms with van der Waals surface area (Å²) in [7, 11) is -0.742. The largest absolute Gasteiger partial charge is 0.388 e. The number of hydrogen-bond donors (Lipinski definition) is 1. The second kappa shape index (κ2) is 5.37. The van der Waals surface area contributed by atoms with E-state index in [9.17, 15) is 18.5 Å². The molecule has 1 aliphatic carbocycles. The fourth-order valence-corrected chi connectivity index (χ4v) is 3.73. The fourth-order valence-electron chi connectivity index (χ4n) is 2.13. The van der Waals surface area contributed by atoms with E-state index in [1.807, 2.05) is 0 Å². The first-order valence-electron chi connectivity index (χ1n) is 6.32. The molecule has 1 aromatic carbocycles. The average molecular weight is 299 g/mol. The van der Waals surface area contributed by atoms with Gasteiger partial charge in [0.15, 0.2) is 4.90 Å². The number of hydrogen-bond acceptors (Lipinski definition) is 5. The van der Waals surface area contributed by atoms with Crippen molar-refractivity contribution in [2.75, 3.05) is 19.4 Å². The van der Waals surface area contributed by atoms with Crippen molar-refractivity contribution < 1.29 is 13.3 Å². The van der Waals surface area contributed by atoms with Crippen molar-refractivity contribution in [2.24, 2.45) is 0 Å². The van der Waals surface area contributed by atoms with Crippen LogP contribution in [0.15, 0.2) is 23.1 Å².